The van der Waals surface area contributed by atoms with E-state index in [4.69, 9.17) is 0 Å². The minimum atomic E-state index is 0.0613. The first-order valence-electron chi connectivity index (χ1n) is 6.99. The number of carbonyl (C=O) groups is 2. The van der Waals surface area contributed by atoms with E-state index in [9.17, 15) is 9.59 Å². The number of carbonyl (C=O) groups excluding carboxylic acids is 2. The van der Waals surface area contributed by atoms with Gasteiger partial charge < -0.3 is 4.90 Å². The van der Waals surface area contributed by atoms with Crippen molar-refractivity contribution in [2.75, 3.05) is 11.4 Å². The zero-order valence-corrected chi connectivity index (χ0v) is 13.2. The number of nitrogens with zero attached hydrogens (tertiary/aromatic N) is 1. The fourth-order valence-electron chi connectivity index (χ4n) is 2.70. The largest absolute Gasteiger partial charge is 0.308 e. The molecule has 1 aliphatic rings. The van der Waals surface area contributed by atoms with Crippen LogP contribution in [0.25, 0.3) is 0 Å². The predicted octanol–water partition coefficient (Wildman–Crippen LogP) is 3.77. The van der Waals surface area contributed by atoms with E-state index in [0.717, 1.165) is 28.8 Å². The highest BCUT2D eigenvalue weighted by Crippen LogP contribution is 2.32. The molecule has 108 valence electrons. The number of thiophene rings is 1. The smallest absolute Gasteiger partial charge is 0.259 e. The molecule has 3 rings (SSSR count). The van der Waals surface area contributed by atoms with Crippen molar-refractivity contribution in [3.63, 3.8) is 0 Å². The number of fused-ring (bicyclic) bond motifs is 1. The Hall–Kier alpha value is -1.94. The number of rotatable bonds is 2. The van der Waals surface area contributed by atoms with Gasteiger partial charge in [-0.15, -0.1) is 11.3 Å². The first-order valence-corrected chi connectivity index (χ1v) is 7.87. The van der Waals surface area contributed by atoms with Crippen molar-refractivity contribution in [1.82, 2.24) is 0 Å². The Morgan fingerprint density at radius 3 is 2.62 bits per heavy atom. The van der Waals surface area contributed by atoms with Gasteiger partial charge in [0.15, 0.2) is 5.78 Å². The first kappa shape index (κ1) is 14.0. The second-order valence-electron chi connectivity index (χ2n) is 5.44. The average Bonchev–Trinajstić information content (AvgIpc) is 3.02. The maximum atomic E-state index is 12.7. The van der Waals surface area contributed by atoms with Gasteiger partial charge in [0.2, 0.25) is 0 Å². The highest BCUT2D eigenvalue weighted by molar-refractivity contribution is 7.10. The van der Waals surface area contributed by atoms with Gasteiger partial charge >= 0.3 is 0 Å². The van der Waals surface area contributed by atoms with Crippen molar-refractivity contribution in [1.29, 1.82) is 0 Å². The standard InChI is InChI=1S/C17H17NO2S/c1-10-12(3)21-9-15(10)17(20)18-7-6-14-8-13(11(2)19)4-5-16(14)18/h4-5,8-9H,6-7H2,1-3H3. The lowest BCUT2D eigenvalue weighted by Crippen LogP contribution is -2.29. The number of benzene rings is 1. The van der Waals surface area contributed by atoms with Crippen molar-refractivity contribution in [3.8, 4) is 0 Å². The fourth-order valence-corrected chi connectivity index (χ4v) is 3.56. The molecule has 0 spiro atoms. The lowest BCUT2D eigenvalue weighted by atomic mass is 10.1. The summed E-state index contributed by atoms with van der Waals surface area (Å²) in [6.07, 6.45) is 0.810. The van der Waals surface area contributed by atoms with Crippen LogP contribution in [0.3, 0.4) is 0 Å². The van der Waals surface area contributed by atoms with E-state index >= 15 is 0 Å². The van der Waals surface area contributed by atoms with Crippen molar-refractivity contribution >= 4 is 28.7 Å². The summed E-state index contributed by atoms with van der Waals surface area (Å²) in [5.74, 6) is 0.123. The van der Waals surface area contributed by atoms with E-state index in [0.29, 0.717) is 12.1 Å². The highest BCUT2D eigenvalue weighted by atomic mass is 32.1. The van der Waals surface area contributed by atoms with Crippen LogP contribution >= 0.6 is 11.3 Å². The summed E-state index contributed by atoms with van der Waals surface area (Å²) >= 11 is 1.61. The molecule has 0 fully saturated rings. The van der Waals surface area contributed by atoms with E-state index in [1.165, 1.54) is 4.88 Å². The molecule has 4 heteroatoms. The van der Waals surface area contributed by atoms with Crippen LogP contribution in [-0.4, -0.2) is 18.2 Å². The van der Waals surface area contributed by atoms with Gasteiger partial charge in [0.1, 0.15) is 0 Å². The third-order valence-corrected chi connectivity index (χ3v) is 5.16. The van der Waals surface area contributed by atoms with Gasteiger partial charge in [-0.2, -0.15) is 0 Å². The summed E-state index contributed by atoms with van der Waals surface area (Å²) in [6.45, 7) is 6.28. The summed E-state index contributed by atoms with van der Waals surface area (Å²) in [4.78, 5) is 27.2. The van der Waals surface area contributed by atoms with Crippen LogP contribution in [0.4, 0.5) is 5.69 Å². The zero-order chi connectivity index (χ0) is 15.1. The predicted molar refractivity (Wildman–Crippen MR) is 85.6 cm³/mol. The second-order valence-corrected chi connectivity index (χ2v) is 6.52. The van der Waals surface area contributed by atoms with E-state index in [-0.39, 0.29) is 11.7 Å². The Kier molecular flexibility index (Phi) is 3.41. The van der Waals surface area contributed by atoms with Gasteiger partial charge in [-0.1, -0.05) is 0 Å². The average molecular weight is 299 g/mol. The monoisotopic (exact) mass is 299 g/mol. The van der Waals surface area contributed by atoms with E-state index in [1.54, 1.807) is 24.3 Å². The van der Waals surface area contributed by atoms with Crippen LogP contribution in [0.5, 0.6) is 0 Å². The number of amides is 1. The Morgan fingerprint density at radius 1 is 1.24 bits per heavy atom. The number of anilines is 1. The number of aryl methyl sites for hydroxylation is 1. The number of Topliss-reactive ketones (excluding diaryl/α,β-unsaturated/α-hetero) is 1. The Labute approximate surface area is 128 Å². The third kappa shape index (κ3) is 2.29. The minimum Gasteiger partial charge on any atom is -0.308 e. The normalized spacial score (nSPS) is 13.4. The van der Waals surface area contributed by atoms with Gasteiger partial charge in [0, 0.05) is 28.1 Å². The molecule has 0 N–H and O–H groups in total. The third-order valence-electron chi connectivity index (χ3n) is 4.14. The minimum absolute atomic E-state index is 0.0613. The van der Waals surface area contributed by atoms with Crippen molar-refractivity contribution in [2.24, 2.45) is 0 Å². The lowest BCUT2D eigenvalue weighted by Gasteiger charge is -2.17. The summed E-state index contributed by atoms with van der Waals surface area (Å²) < 4.78 is 0. The molecular weight excluding hydrogens is 282 g/mol. The van der Waals surface area contributed by atoms with Gasteiger partial charge in [-0.3, -0.25) is 9.59 Å². The summed E-state index contributed by atoms with van der Waals surface area (Å²) in [5, 5.41) is 1.94. The molecule has 0 aliphatic carbocycles. The molecule has 0 atom stereocenters. The van der Waals surface area contributed by atoms with Gasteiger partial charge in [-0.05, 0) is 56.5 Å². The first-order chi connectivity index (χ1) is 9.99. The quantitative estimate of drug-likeness (QED) is 0.792. The topological polar surface area (TPSA) is 37.4 Å². The number of hydrogen-bond donors (Lipinski definition) is 0. The molecule has 2 aromatic rings. The molecule has 2 heterocycles. The van der Waals surface area contributed by atoms with E-state index < -0.39 is 0 Å². The maximum Gasteiger partial charge on any atom is 0.259 e. The number of ketones is 1. The fraction of sp³-hybridized carbons (Fsp3) is 0.294. The summed E-state index contributed by atoms with van der Waals surface area (Å²) in [6, 6.07) is 5.61. The maximum absolute atomic E-state index is 12.7. The highest BCUT2D eigenvalue weighted by Gasteiger charge is 2.27. The lowest BCUT2D eigenvalue weighted by molar-refractivity contribution is 0.0987. The van der Waals surface area contributed by atoms with Gasteiger partial charge in [0.05, 0.1) is 5.56 Å². The van der Waals surface area contributed by atoms with Gasteiger partial charge in [0.25, 0.3) is 5.91 Å². The van der Waals surface area contributed by atoms with Crippen LogP contribution in [0, 0.1) is 13.8 Å². The van der Waals surface area contributed by atoms with Crippen LogP contribution < -0.4 is 4.90 Å². The molecular formula is C17H17NO2S. The molecule has 3 nitrogen and oxygen atoms in total. The van der Waals surface area contributed by atoms with Gasteiger partial charge in [-0.25, -0.2) is 0 Å². The Bertz CT molecular complexity index is 745. The summed E-state index contributed by atoms with van der Waals surface area (Å²) in [5.41, 5.74) is 4.60. The van der Waals surface area contributed by atoms with E-state index in [2.05, 4.69) is 0 Å². The van der Waals surface area contributed by atoms with Crippen LogP contribution in [0.15, 0.2) is 23.6 Å². The molecule has 0 radical (unpaired) electrons. The molecule has 1 aromatic carbocycles. The molecule has 0 unspecified atom stereocenters. The molecule has 1 amide bonds. The molecule has 0 saturated carbocycles. The summed E-state index contributed by atoms with van der Waals surface area (Å²) in [7, 11) is 0. The van der Waals surface area contributed by atoms with Crippen LogP contribution in [0.1, 0.15) is 43.6 Å². The second kappa shape index (κ2) is 5.11. The van der Waals surface area contributed by atoms with Crippen molar-refractivity contribution < 1.29 is 9.59 Å². The Balaban J connectivity index is 1.96. The molecule has 0 bridgehead atoms. The molecule has 1 aromatic heterocycles. The van der Waals surface area contributed by atoms with Crippen molar-refractivity contribution in [3.05, 3.63) is 50.7 Å². The molecule has 0 saturated heterocycles. The number of hydrogen-bond acceptors (Lipinski definition) is 3. The van der Waals surface area contributed by atoms with E-state index in [1.807, 2.05) is 36.3 Å². The van der Waals surface area contributed by atoms with Crippen LogP contribution in [0.2, 0.25) is 0 Å². The SMILES string of the molecule is CC(=O)c1ccc2c(c1)CCN2C(=O)c1csc(C)c1C. The molecule has 1 aliphatic heterocycles. The Morgan fingerprint density at radius 2 is 2.00 bits per heavy atom. The molecule has 21 heavy (non-hydrogen) atoms. The zero-order valence-electron chi connectivity index (χ0n) is 12.4. The van der Waals surface area contributed by atoms with Crippen LogP contribution in [-0.2, 0) is 6.42 Å². The van der Waals surface area contributed by atoms with Crippen molar-refractivity contribution in [2.45, 2.75) is 27.2 Å².